The molecule has 0 spiro atoms. The van der Waals surface area contributed by atoms with Crippen LogP contribution >= 0.6 is 15.9 Å². The van der Waals surface area contributed by atoms with E-state index in [1.165, 1.54) is 6.07 Å². The second-order valence-electron chi connectivity index (χ2n) is 4.31. The van der Waals surface area contributed by atoms with Crippen molar-refractivity contribution in [2.24, 2.45) is 0 Å². The molecule has 0 radical (unpaired) electrons. The minimum Gasteiger partial charge on any atom is -0.872 e. The summed E-state index contributed by atoms with van der Waals surface area (Å²) in [6.07, 6.45) is 0. The first kappa shape index (κ1) is 15.8. The summed E-state index contributed by atoms with van der Waals surface area (Å²) < 4.78 is 6.18. The molecule has 0 atom stereocenters. The number of ether oxygens (including phenoxy) is 1. The maximum atomic E-state index is 11.7. The van der Waals surface area contributed by atoms with Gasteiger partial charge in [0.05, 0.1) is 5.56 Å². The van der Waals surface area contributed by atoms with Crippen molar-refractivity contribution in [3.05, 3.63) is 52.5 Å². The van der Waals surface area contributed by atoms with Gasteiger partial charge in [0, 0.05) is 10.2 Å². The largest absolute Gasteiger partial charge is 0.872 e. The Morgan fingerprint density at radius 1 is 1.18 bits per heavy atom. The monoisotopic (exact) mass is 364 g/mol. The molecule has 2 aromatic rings. The Bertz CT molecular complexity index is 700. The van der Waals surface area contributed by atoms with E-state index in [0.29, 0.717) is 5.75 Å². The number of carboxylic acid groups (broad SMARTS) is 1. The third kappa shape index (κ3) is 4.23. The maximum absolute atomic E-state index is 11.7. The van der Waals surface area contributed by atoms with Gasteiger partial charge in [-0.2, -0.15) is 0 Å². The van der Waals surface area contributed by atoms with Crippen molar-refractivity contribution < 1.29 is 24.5 Å². The van der Waals surface area contributed by atoms with E-state index in [0.717, 1.165) is 16.6 Å². The Kier molecular flexibility index (Phi) is 5.00. The lowest BCUT2D eigenvalue weighted by Gasteiger charge is -2.12. The van der Waals surface area contributed by atoms with Crippen LogP contribution in [0.15, 0.2) is 46.9 Å². The number of carboxylic acids is 1. The van der Waals surface area contributed by atoms with Gasteiger partial charge in [0.25, 0.3) is 5.91 Å². The zero-order valence-electron chi connectivity index (χ0n) is 11.2. The molecule has 0 aliphatic heterocycles. The molecule has 0 aromatic heterocycles. The fraction of sp³-hybridized carbons (Fsp3) is 0.0667. The van der Waals surface area contributed by atoms with Gasteiger partial charge in [-0.3, -0.25) is 4.79 Å². The van der Waals surface area contributed by atoms with Gasteiger partial charge in [0.2, 0.25) is 0 Å². The van der Waals surface area contributed by atoms with Gasteiger partial charge in [-0.05, 0) is 36.4 Å². The number of rotatable bonds is 5. The Labute approximate surface area is 134 Å². The molecule has 2 N–H and O–H groups in total. The Balaban J connectivity index is 1.96. The Morgan fingerprint density at radius 3 is 2.50 bits per heavy atom. The predicted molar refractivity (Wildman–Crippen MR) is 81.1 cm³/mol. The van der Waals surface area contributed by atoms with E-state index in [-0.39, 0.29) is 12.3 Å². The lowest BCUT2D eigenvalue weighted by molar-refractivity contribution is -0.268. The lowest BCUT2D eigenvalue weighted by atomic mass is 10.2. The predicted octanol–water partition coefficient (Wildman–Crippen LogP) is 2.24. The molecular weight excluding hydrogens is 354 g/mol. The summed E-state index contributed by atoms with van der Waals surface area (Å²) >= 11 is 3.29. The summed E-state index contributed by atoms with van der Waals surface area (Å²) in [4.78, 5) is 22.6. The van der Waals surface area contributed by atoms with Crippen LogP contribution in [0.4, 0.5) is 5.69 Å². The fourth-order valence-corrected chi connectivity index (χ4v) is 1.92. The molecule has 2 aromatic carbocycles. The average molecular weight is 365 g/mol. The summed E-state index contributed by atoms with van der Waals surface area (Å²) in [6, 6.07) is 10.5. The molecule has 0 aliphatic carbocycles. The van der Waals surface area contributed by atoms with Crippen LogP contribution in [0, 0.1) is 0 Å². The van der Waals surface area contributed by atoms with E-state index >= 15 is 0 Å². The van der Waals surface area contributed by atoms with Gasteiger partial charge in [0.1, 0.15) is 5.75 Å². The molecule has 0 bridgehead atoms. The van der Waals surface area contributed by atoms with Crippen molar-refractivity contribution in [3.63, 3.8) is 0 Å². The molecule has 6 nitrogen and oxygen atoms in total. The van der Waals surface area contributed by atoms with Crippen molar-refractivity contribution in [2.45, 2.75) is 0 Å². The number of anilines is 1. The average Bonchev–Trinajstić information content (AvgIpc) is 2.48. The van der Waals surface area contributed by atoms with Gasteiger partial charge in [-0.1, -0.05) is 27.7 Å². The Hall–Kier alpha value is -2.54. The van der Waals surface area contributed by atoms with E-state index in [1.807, 2.05) is 0 Å². The van der Waals surface area contributed by atoms with Gasteiger partial charge in [0.15, 0.2) is 6.61 Å². The summed E-state index contributed by atoms with van der Waals surface area (Å²) in [7, 11) is 0. The Morgan fingerprint density at radius 2 is 1.86 bits per heavy atom. The van der Waals surface area contributed by atoms with Gasteiger partial charge in [-0.15, -0.1) is 0 Å². The fourth-order valence-electron chi connectivity index (χ4n) is 1.65. The molecule has 0 heterocycles. The quantitative estimate of drug-likeness (QED) is 0.847. The van der Waals surface area contributed by atoms with Crippen molar-refractivity contribution in [1.82, 2.24) is 0 Å². The maximum Gasteiger partial charge on any atom is 0.335 e. The van der Waals surface area contributed by atoms with E-state index in [2.05, 4.69) is 21.2 Å². The van der Waals surface area contributed by atoms with E-state index in [9.17, 15) is 14.7 Å². The standard InChI is InChI=1S/C15H12BrNO5/c16-9-1-4-11(5-2-9)22-8-14(19)17-10-3-6-13(18)12(7-10)15(20)21/h1-7,18H,8H2,(H,17,19)(H,20,21)/p-1. The number of hydrogen-bond acceptors (Lipinski definition) is 4. The summed E-state index contributed by atoms with van der Waals surface area (Å²) in [5.41, 5.74) is -0.173. The molecule has 0 saturated heterocycles. The topological polar surface area (TPSA) is 98.7 Å². The second-order valence-corrected chi connectivity index (χ2v) is 5.22. The molecule has 1 amide bonds. The van der Waals surface area contributed by atoms with E-state index in [4.69, 9.17) is 9.84 Å². The van der Waals surface area contributed by atoms with Crippen LogP contribution in [-0.2, 0) is 4.79 Å². The number of amides is 1. The number of nitrogens with one attached hydrogen (secondary N) is 1. The van der Waals surface area contributed by atoms with Crippen LogP contribution < -0.4 is 15.2 Å². The highest BCUT2D eigenvalue weighted by atomic mass is 79.9. The zero-order chi connectivity index (χ0) is 16.1. The first-order chi connectivity index (χ1) is 10.5. The summed E-state index contributed by atoms with van der Waals surface area (Å²) in [6.45, 7) is -0.233. The molecule has 22 heavy (non-hydrogen) atoms. The first-order valence-corrected chi connectivity index (χ1v) is 6.97. The second kappa shape index (κ2) is 6.95. The third-order valence-corrected chi connectivity index (χ3v) is 3.21. The van der Waals surface area contributed by atoms with Gasteiger partial charge < -0.3 is 20.3 Å². The minimum absolute atomic E-state index is 0.224. The molecule has 2 rings (SSSR count). The molecule has 0 saturated carbocycles. The van der Waals surface area contributed by atoms with Crippen LogP contribution in [-0.4, -0.2) is 23.6 Å². The SMILES string of the molecule is O=C(COc1ccc(Br)cc1)Nc1ccc([O-])c(C(=O)O)c1. The number of benzene rings is 2. The number of carbonyl (C=O) groups excluding carboxylic acids is 1. The van der Waals surface area contributed by atoms with Crippen LogP contribution in [0.25, 0.3) is 0 Å². The minimum atomic E-state index is -1.34. The number of halogens is 1. The van der Waals surface area contributed by atoms with Crippen LogP contribution in [0.2, 0.25) is 0 Å². The number of aromatic carboxylic acids is 1. The molecule has 7 heteroatoms. The summed E-state index contributed by atoms with van der Waals surface area (Å²) in [5, 5.41) is 22.6. The highest BCUT2D eigenvalue weighted by Gasteiger charge is 2.08. The van der Waals surface area contributed by atoms with Crippen molar-refractivity contribution in [2.75, 3.05) is 11.9 Å². The van der Waals surface area contributed by atoms with Crippen LogP contribution in [0.1, 0.15) is 10.4 Å². The first-order valence-electron chi connectivity index (χ1n) is 6.18. The highest BCUT2D eigenvalue weighted by Crippen LogP contribution is 2.19. The van der Waals surface area contributed by atoms with Crippen molar-refractivity contribution in [1.29, 1.82) is 0 Å². The highest BCUT2D eigenvalue weighted by molar-refractivity contribution is 9.10. The van der Waals surface area contributed by atoms with E-state index in [1.54, 1.807) is 24.3 Å². The van der Waals surface area contributed by atoms with Crippen LogP contribution in [0.5, 0.6) is 11.5 Å². The molecule has 0 fully saturated rings. The van der Waals surface area contributed by atoms with Gasteiger partial charge >= 0.3 is 5.97 Å². The van der Waals surface area contributed by atoms with Crippen molar-refractivity contribution >= 4 is 33.5 Å². The summed E-state index contributed by atoms with van der Waals surface area (Å²) in [5.74, 6) is -1.89. The zero-order valence-corrected chi connectivity index (χ0v) is 12.8. The molecule has 0 aliphatic rings. The van der Waals surface area contributed by atoms with Crippen molar-refractivity contribution in [3.8, 4) is 11.5 Å². The van der Waals surface area contributed by atoms with Crippen LogP contribution in [0.3, 0.4) is 0 Å². The molecule has 114 valence electrons. The van der Waals surface area contributed by atoms with Gasteiger partial charge in [-0.25, -0.2) is 4.79 Å². The van der Waals surface area contributed by atoms with E-state index < -0.39 is 23.2 Å². The number of hydrogen-bond donors (Lipinski definition) is 2. The number of carbonyl (C=O) groups is 2. The molecule has 0 unspecified atom stereocenters. The normalized spacial score (nSPS) is 10.0. The molecular formula is C15H11BrNO5-. The third-order valence-electron chi connectivity index (χ3n) is 2.68. The lowest BCUT2D eigenvalue weighted by Crippen LogP contribution is -2.20. The smallest absolute Gasteiger partial charge is 0.335 e.